The third-order valence-corrected chi connectivity index (χ3v) is 3.13. The smallest absolute Gasteiger partial charge is 0.255 e. The van der Waals surface area contributed by atoms with Crippen LogP contribution in [0.15, 0.2) is 36.4 Å². The van der Waals surface area contributed by atoms with E-state index in [0.29, 0.717) is 22.4 Å². The molecule has 0 aromatic heterocycles. The molecule has 5 heteroatoms. The number of halogens is 1. The van der Waals surface area contributed by atoms with Crippen molar-refractivity contribution in [1.29, 1.82) is 5.26 Å². The predicted molar refractivity (Wildman–Crippen MR) is 77.0 cm³/mol. The molecule has 0 bridgehead atoms. The molecule has 4 nitrogen and oxygen atoms in total. The van der Waals surface area contributed by atoms with E-state index in [9.17, 15) is 9.90 Å². The van der Waals surface area contributed by atoms with Gasteiger partial charge in [0.25, 0.3) is 5.91 Å². The zero-order valence-electron chi connectivity index (χ0n) is 10.6. The van der Waals surface area contributed by atoms with Gasteiger partial charge in [-0.2, -0.15) is 5.26 Å². The van der Waals surface area contributed by atoms with E-state index >= 15 is 0 Å². The molecule has 0 heterocycles. The lowest BCUT2D eigenvalue weighted by atomic mass is 10.1. The lowest BCUT2D eigenvalue weighted by Gasteiger charge is -2.07. The van der Waals surface area contributed by atoms with Crippen LogP contribution in [-0.2, 0) is 0 Å². The number of rotatable bonds is 2. The molecule has 0 atom stereocenters. The molecule has 0 aliphatic heterocycles. The molecule has 0 radical (unpaired) electrons. The van der Waals surface area contributed by atoms with Crippen LogP contribution in [-0.4, -0.2) is 11.0 Å². The second kappa shape index (κ2) is 5.64. The van der Waals surface area contributed by atoms with Gasteiger partial charge in [-0.3, -0.25) is 4.79 Å². The molecule has 0 spiro atoms. The van der Waals surface area contributed by atoms with Gasteiger partial charge in [-0.1, -0.05) is 17.7 Å². The number of amides is 1. The van der Waals surface area contributed by atoms with Crippen molar-refractivity contribution in [2.45, 2.75) is 6.92 Å². The molecule has 0 saturated heterocycles. The summed E-state index contributed by atoms with van der Waals surface area (Å²) in [4.78, 5) is 12.0. The van der Waals surface area contributed by atoms with Gasteiger partial charge in [0.15, 0.2) is 0 Å². The van der Waals surface area contributed by atoms with Gasteiger partial charge in [-0.15, -0.1) is 0 Å². The van der Waals surface area contributed by atoms with Crippen LogP contribution in [0.25, 0.3) is 0 Å². The number of aromatic hydroxyl groups is 1. The highest BCUT2D eigenvalue weighted by molar-refractivity contribution is 6.32. The maximum atomic E-state index is 12.0. The summed E-state index contributed by atoms with van der Waals surface area (Å²) in [5.41, 5.74) is 1.87. The van der Waals surface area contributed by atoms with Gasteiger partial charge >= 0.3 is 0 Å². The standard InChI is InChI=1S/C15H11ClN2O2/c1-9-2-3-10(6-14(9)19)15(20)18-12-5-4-11(8-17)13(16)7-12/h2-7,19H,1H3,(H,18,20). The summed E-state index contributed by atoms with van der Waals surface area (Å²) >= 11 is 5.89. The number of anilines is 1. The number of nitrogens with one attached hydrogen (secondary N) is 1. The number of carbonyl (C=O) groups excluding carboxylic acids is 1. The van der Waals surface area contributed by atoms with Crippen molar-refractivity contribution in [3.8, 4) is 11.8 Å². The van der Waals surface area contributed by atoms with Crippen LogP contribution < -0.4 is 5.32 Å². The fraction of sp³-hybridized carbons (Fsp3) is 0.0667. The van der Waals surface area contributed by atoms with E-state index in [1.807, 2.05) is 6.07 Å². The van der Waals surface area contributed by atoms with E-state index in [4.69, 9.17) is 16.9 Å². The molecule has 0 fully saturated rings. The van der Waals surface area contributed by atoms with Crippen molar-refractivity contribution in [3.63, 3.8) is 0 Å². The van der Waals surface area contributed by atoms with Crippen LogP contribution in [0.5, 0.6) is 5.75 Å². The molecular weight excluding hydrogens is 276 g/mol. The number of aryl methyl sites for hydroxylation is 1. The first-order valence-corrected chi connectivity index (χ1v) is 6.19. The highest BCUT2D eigenvalue weighted by Crippen LogP contribution is 2.22. The number of benzene rings is 2. The molecule has 2 N–H and O–H groups in total. The van der Waals surface area contributed by atoms with Crippen LogP contribution in [0.4, 0.5) is 5.69 Å². The summed E-state index contributed by atoms with van der Waals surface area (Å²) in [5, 5.41) is 21.3. The molecular formula is C15H11ClN2O2. The Bertz CT molecular complexity index is 720. The highest BCUT2D eigenvalue weighted by Gasteiger charge is 2.09. The summed E-state index contributed by atoms with van der Waals surface area (Å²) < 4.78 is 0. The molecule has 0 aliphatic carbocycles. The number of phenolic OH excluding ortho intramolecular Hbond substituents is 1. The molecule has 0 saturated carbocycles. The van der Waals surface area contributed by atoms with Crippen LogP contribution in [0.2, 0.25) is 5.02 Å². The Kier molecular flexibility index (Phi) is 3.92. The monoisotopic (exact) mass is 286 g/mol. The van der Waals surface area contributed by atoms with Crippen LogP contribution >= 0.6 is 11.6 Å². The Morgan fingerprint density at radius 1 is 1.30 bits per heavy atom. The Morgan fingerprint density at radius 2 is 2.05 bits per heavy atom. The molecule has 0 aliphatic rings. The maximum absolute atomic E-state index is 12.0. The van der Waals surface area contributed by atoms with E-state index in [-0.39, 0.29) is 16.7 Å². The van der Waals surface area contributed by atoms with E-state index in [2.05, 4.69) is 5.32 Å². The summed E-state index contributed by atoms with van der Waals surface area (Å²) in [6.07, 6.45) is 0. The summed E-state index contributed by atoms with van der Waals surface area (Å²) in [5.74, 6) is -0.295. The first-order chi connectivity index (χ1) is 9.51. The topological polar surface area (TPSA) is 73.1 Å². The number of carbonyl (C=O) groups is 1. The molecule has 2 rings (SSSR count). The number of nitrogens with zero attached hydrogens (tertiary/aromatic N) is 1. The van der Waals surface area contributed by atoms with Gasteiger partial charge in [0.05, 0.1) is 10.6 Å². The van der Waals surface area contributed by atoms with Crippen molar-refractivity contribution in [2.24, 2.45) is 0 Å². The van der Waals surface area contributed by atoms with Gasteiger partial charge in [-0.25, -0.2) is 0 Å². The van der Waals surface area contributed by atoms with Crippen molar-refractivity contribution in [2.75, 3.05) is 5.32 Å². The minimum Gasteiger partial charge on any atom is -0.508 e. The minimum atomic E-state index is -0.360. The first kappa shape index (κ1) is 13.9. The molecule has 1 amide bonds. The molecule has 100 valence electrons. The Balaban J connectivity index is 2.21. The third kappa shape index (κ3) is 2.90. The van der Waals surface area contributed by atoms with E-state index in [0.717, 1.165) is 0 Å². The Labute approximate surface area is 121 Å². The third-order valence-electron chi connectivity index (χ3n) is 2.82. The van der Waals surface area contributed by atoms with Gasteiger partial charge in [0.2, 0.25) is 0 Å². The van der Waals surface area contributed by atoms with E-state index in [1.165, 1.54) is 18.2 Å². The molecule has 2 aromatic rings. The average Bonchev–Trinajstić information content (AvgIpc) is 2.42. The second-order valence-electron chi connectivity index (χ2n) is 4.26. The molecule has 20 heavy (non-hydrogen) atoms. The summed E-state index contributed by atoms with van der Waals surface area (Å²) in [7, 11) is 0. The lowest BCUT2D eigenvalue weighted by Crippen LogP contribution is -2.11. The van der Waals surface area contributed by atoms with Crippen LogP contribution in [0.1, 0.15) is 21.5 Å². The largest absolute Gasteiger partial charge is 0.508 e. The summed E-state index contributed by atoms with van der Waals surface area (Å²) in [6, 6.07) is 11.3. The SMILES string of the molecule is Cc1ccc(C(=O)Nc2ccc(C#N)c(Cl)c2)cc1O. The number of nitriles is 1. The highest BCUT2D eigenvalue weighted by atomic mass is 35.5. The van der Waals surface area contributed by atoms with Gasteiger partial charge in [0.1, 0.15) is 11.8 Å². The lowest BCUT2D eigenvalue weighted by molar-refractivity contribution is 0.102. The van der Waals surface area contributed by atoms with Gasteiger partial charge in [0, 0.05) is 11.3 Å². The minimum absolute atomic E-state index is 0.0653. The fourth-order valence-electron chi connectivity index (χ4n) is 1.64. The van der Waals surface area contributed by atoms with E-state index < -0.39 is 0 Å². The van der Waals surface area contributed by atoms with Crippen molar-refractivity contribution in [1.82, 2.24) is 0 Å². The maximum Gasteiger partial charge on any atom is 0.255 e. The molecule has 0 unspecified atom stereocenters. The number of phenols is 1. The van der Waals surface area contributed by atoms with Crippen molar-refractivity contribution < 1.29 is 9.90 Å². The van der Waals surface area contributed by atoms with Crippen LogP contribution in [0.3, 0.4) is 0 Å². The molecule has 2 aromatic carbocycles. The van der Waals surface area contributed by atoms with Crippen LogP contribution in [0, 0.1) is 18.3 Å². The predicted octanol–water partition coefficient (Wildman–Crippen LogP) is 3.48. The number of hydrogen-bond acceptors (Lipinski definition) is 3. The number of hydrogen-bond donors (Lipinski definition) is 2. The first-order valence-electron chi connectivity index (χ1n) is 5.82. The van der Waals surface area contributed by atoms with E-state index in [1.54, 1.807) is 25.1 Å². The fourth-order valence-corrected chi connectivity index (χ4v) is 1.86. The average molecular weight is 287 g/mol. The van der Waals surface area contributed by atoms with Gasteiger partial charge in [-0.05, 0) is 42.8 Å². The Morgan fingerprint density at radius 3 is 2.65 bits per heavy atom. The second-order valence-corrected chi connectivity index (χ2v) is 4.67. The normalized spacial score (nSPS) is 9.85. The summed E-state index contributed by atoms with van der Waals surface area (Å²) in [6.45, 7) is 1.75. The van der Waals surface area contributed by atoms with Crippen molar-refractivity contribution in [3.05, 3.63) is 58.1 Å². The zero-order valence-corrected chi connectivity index (χ0v) is 11.4. The van der Waals surface area contributed by atoms with Gasteiger partial charge < -0.3 is 10.4 Å². The quantitative estimate of drug-likeness (QED) is 0.887. The zero-order chi connectivity index (χ0) is 14.7. The Hall–Kier alpha value is -2.51. The van der Waals surface area contributed by atoms with Crippen molar-refractivity contribution >= 4 is 23.2 Å².